The van der Waals surface area contributed by atoms with Gasteiger partial charge in [0, 0.05) is 14.5 Å². The number of halogens is 4. The van der Waals surface area contributed by atoms with Gasteiger partial charge in [0.2, 0.25) is 0 Å². The van der Waals surface area contributed by atoms with Crippen LogP contribution >= 0.6 is 31.9 Å². The lowest BCUT2D eigenvalue weighted by Crippen LogP contribution is -2.14. The zero-order valence-corrected chi connectivity index (χ0v) is 11.2. The van der Waals surface area contributed by atoms with E-state index in [0.717, 1.165) is 6.07 Å². The lowest BCUT2D eigenvalue weighted by molar-refractivity contribution is -0.147. The maximum atomic E-state index is 12.1. The Morgan fingerprint density at radius 1 is 1.35 bits per heavy atom. The van der Waals surface area contributed by atoms with Crippen LogP contribution in [0.1, 0.15) is 11.7 Å². The Morgan fingerprint density at radius 3 is 2.41 bits per heavy atom. The van der Waals surface area contributed by atoms with E-state index < -0.39 is 24.4 Å². The van der Waals surface area contributed by atoms with Crippen molar-refractivity contribution in [1.29, 1.82) is 0 Å². The summed E-state index contributed by atoms with van der Waals surface area (Å²) >= 11 is 6.02. The second-order valence-corrected chi connectivity index (χ2v) is 4.69. The first-order chi connectivity index (χ1) is 7.82. The lowest BCUT2D eigenvalue weighted by atomic mass is 10.1. The molecule has 1 unspecified atom stereocenters. The molecule has 0 saturated heterocycles. The summed E-state index contributed by atoms with van der Waals surface area (Å²) in [7, 11) is 0. The van der Waals surface area contributed by atoms with Crippen LogP contribution in [0.15, 0.2) is 21.1 Å². The third-order valence-electron chi connectivity index (χ3n) is 1.78. The summed E-state index contributed by atoms with van der Waals surface area (Å²) in [5.74, 6) is -1.97. The van der Waals surface area contributed by atoms with Crippen LogP contribution in [-0.2, 0) is 4.79 Å². The molecule has 1 atom stereocenters. The number of hydrogen-bond acceptors (Lipinski definition) is 3. The minimum atomic E-state index is -3.11. The molecule has 0 aliphatic carbocycles. The van der Waals surface area contributed by atoms with Crippen molar-refractivity contribution >= 4 is 37.8 Å². The minimum Gasteiger partial charge on any atom is -0.479 e. The molecule has 2 N–H and O–H groups in total. The summed E-state index contributed by atoms with van der Waals surface area (Å²) in [6, 6.07) is 2.57. The van der Waals surface area contributed by atoms with Crippen LogP contribution in [0, 0.1) is 0 Å². The van der Waals surface area contributed by atoms with E-state index in [2.05, 4.69) is 36.6 Å². The van der Waals surface area contributed by atoms with Crippen LogP contribution in [0.5, 0.6) is 5.75 Å². The molecule has 4 nitrogen and oxygen atoms in total. The summed E-state index contributed by atoms with van der Waals surface area (Å²) in [5.41, 5.74) is -0.263. The molecule has 0 spiro atoms. The summed E-state index contributed by atoms with van der Waals surface area (Å²) in [5, 5.41) is 18.1. The Labute approximate surface area is 111 Å². The van der Waals surface area contributed by atoms with Gasteiger partial charge < -0.3 is 14.9 Å². The molecule has 1 aromatic rings. The summed E-state index contributed by atoms with van der Waals surface area (Å²) < 4.78 is 29.0. The van der Waals surface area contributed by atoms with E-state index in [0.29, 0.717) is 4.47 Å². The van der Waals surface area contributed by atoms with Crippen molar-refractivity contribution in [1.82, 2.24) is 0 Å². The second-order valence-electron chi connectivity index (χ2n) is 2.92. The van der Waals surface area contributed by atoms with Crippen LogP contribution in [-0.4, -0.2) is 22.8 Å². The van der Waals surface area contributed by atoms with Crippen molar-refractivity contribution in [3.8, 4) is 5.75 Å². The Morgan fingerprint density at radius 2 is 1.94 bits per heavy atom. The van der Waals surface area contributed by atoms with E-state index in [1.165, 1.54) is 6.07 Å². The highest BCUT2D eigenvalue weighted by molar-refractivity contribution is 9.11. The minimum absolute atomic E-state index is 0.150. The van der Waals surface area contributed by atoms with Gasteiger partial charge in [0.05, 0.1) is 0 Å². The fraction of sp³-hybridized carbons (Fsp3) is 0.222. The number of aliphatic hydroxyl groups excluding tert-OH is 1. The molecule has 0 radical (unpaired) electrons. The maximum Gasteiger partial charge on any atom is 0.387 e. The Bertz CT molecular complexity index is 439. The summed E-state index contributed by atoms with van der Waals surface area (Å²) in [6.07, 6.45) is -1.95. The first-order valence-electron chi connectivity index (χ1n) is 4.17. The molecule has 0 fully saturated rings. The first-order valence-corrected chi connectivity index (χ1v) is 5.76. The van der Waals surface area contributed by atoms with Crippen LogP contribution in [0.2, 0.25) is 0 Å². The number of rotatable bonds is 4. The molecule has 0 heterocycles. The van der Waals surface area contributed by atoms with Gasteiger partial charge in [-0.25, -0.2) is 4.79 Å². The molecular weight excluding hydrogens is 370 g/mol. The Kier molecular flexibility index (Phi) is 4.84. The number of ether oxygens (including phenoxy) is 1. The predicted molar refractivity (Wildman–Crippen MR) is 61.1 cm³/mol. The van der Waals surface area contributed by atoms with Gasteiger partial charge in [-0.1, -0.05) is 31.9 Å². The highest BCUT2D eigenvalue weighted by Crippen LogP contribution is 2.36. The third kappa shape index (κ3) is 3.62. The molecule has 0 aliphatic rings. The van der Waals surface area contributed by atoms with Gasteiger partial charge in [-0.15, -0.1) is 0 Å². The summed E-state index contributed by atoms with van der Waals surface area (Å²) in [6.45, 7) is -3.11. The highest BCUT2D eigenvalue weighted by atomic mass is 79.9. The van der Waals surface area contributed by atoms with Crippen molar-refractivity contribution in [2.24, 2.45) is 0 Å². The molecule has 94 valence electrons. The average molecular weight is 376 g/mol. The van der Waals surface area contributed by atoms with Gasteiger partial charge in [0.25, 0.3) is 0 Å². The molecule has 17 heavy (non-hydrogen) atoms. The smallest absolute Gasteiger partial charge is 0.387 e. The molecule has 1 aromatic carbocycles. The van der Waals surface area contributed by atoms with Crippen LogP contribution < -0.4 is 4.74 Å². The number of benzene rings is 1. The standard InChI is InChI=1S/C9H6Br2F2O4/c10-3-1-4(11)6(7(14)8(15)16)5(2-3)17-9(12)13/h1-2,7,9,14H,(H,15,16). The summed E-state index contributed by atoms with van der Waals surface area (Å²) in [4.78, 5) is 10.6. The van der Waals surface area contributed by atoms with Crippen molar-refractivity contribution in [2.75, 3.05) is 0 Å². The average Bonchev–Trinajstić information content (AvgIpc) is 2.14. The van der Waals surface area contributed by atoms with E-state index in [-0.39, 0.29) is 10.0 Å². The van der Waals surface area contributed by atoms with Crippen molar-refractivity contribution in [3.63, 3.8) is 0 Å². The van der Waals surface area contributed by atoms with Gasteiger partial charge >= 0.3 is 12.6 Å². The van der Waals surface area contributed by atoms with Gasteiger partial charge in [0.15, 0.2) is 6.10 Å². The van der Waals surface area contributed by atoms with Crippen molar-refractivity contribution in [3.05, 3.63) is 26.6 Å². The molecule has 8 heteroatoms. The fourth-order valence-corrected chi connectivity index (χ4v) is 2.55. The SMILES string of the molecule is O=C(O)C(O)c1c(Br)cc(Br)cc1OC(F)F. The number of carbonyl (C=O) groups is 1. The van der Waals surface area contributed by atoms with Crippen LogP contribution in [0.25, 0.3) is 0 Å². The second kappa shape index (κ2) is 5.74. The van der Waals surface area contributed by atoms with Gasteiger partial charge in [-0.2, -0.15) is 8.78 Å². The van der Waals surface area contributed by atoms with Crippen LogP contribution in [0.3, 0.4) is 0 Å². The zero-order valence-electron chi connectivity index (χ0n) is 8.03. The number of carboxylic acids is 1. The quantitative estimate of drug-likeness (QED) is 0.849. The van der Waals surface area contributed by atoms with Gasteiger partial charge in [-0.05, 0) is 12.1 Å². The third-order valence-corrected chi connectivity index (χ3v) is 2.89. The molecule has 1 rings (SSSR count). The molecule has 0 amide bonds. The fourth-order valence-electron chi connectivity index (χ4n) is 1.14. The van der Waals surface area contributed by atoms with E-state index >= 15 is 0 Å². The van der Waals surface area contributed by atoms with Crippen molar-refractivity contribution in [2.45, 2.75) is 12.7 Å². The zero-order chi connectivity index (χ0) is 13.2. The maximum absolute atomic E-state index is 12.1. The van der Waals surface area contributed by atoms with E-state index in [9.17, 15) is 18.7 Å². The normalized spacial score (nSPS) is 12.6. The topological polar surface area (TPSA) is 66.8 Å². The number of hydrogen-bond donors (Lipinski definition) is 2. The Balaban J connectivity index is 3.29. The number of aliphatic hydroxyl groups is 1. The molecule has 0 aromatic heterocycles. The molecule has 0 bridgehead atoms. The first kappa shape index (κ1) is 14.3. The monoisotopic (exact) mass is 374 g/mol. The van der Waals surface area contributed by atoms with E-state index in [4.69, 9.17) is 5.11 Å². The van der Waals surface area contributed by atoms with Gasteiger partial charge in [0.1, 0.15) is 5.75 Å². The van der Waals surface area contributed by atoms with Crippen LogP contribution in [0.4, 0.5) is 8.78 Å². The highest BCUT2D eigenvalue weighted by Gasteiger charge is 2.25. The predicted octanol–water partition coefficient (Wildman–Crippen LogP) is 2.93. The molecular formula is C9H6Br2F2O4. The Hall–Kier alpha value is -0.730. The number of aliphatic carboxylic acids is 1. The van der Waals surface area contributed by atoms with E-state index in [1.54, 1.807) is 0 Å². The molecule has 0 aliphatic heterocycles. The number of alkyl halides is 2. The molecule has 0 saturated carbocycles. The van der Waals surface area contributed by atoms with E-state index in [1.807, 2.05) is 0 Å². The largest absolute Gasteiger partial charge is 0.479 e. The lowest BCUT2D eigenvalue weighted by Gasteiger charge is -2.15. The number of carboxylic acid groups (broad SMARTS) is 1. The van der Waals surface area contributed by atoms with Crippen molar-refractivity contribution < 1.29 is 28.5 Å². The van der Waals surface area contributed by atoms with Gasteiger partial charge in [-0.3, -0.25) is 0 Å².